The first-order valence-electron chi connectivity index (χ1n) is 6.69. The van der Waals surface area contributed by atoms with E-state index in [9.17, 15) is 4.79 Å². The minimum Gasteiger partial charge on any atom is -0.438 e. The summed E-state index contributed by atoms with van der Waals surface area (Å²) in [6, 6.07) is 1.58. The third-order valence-electron chi connectivity index (χ3n) is 3.40. The Balaban J connectivity index is 2.08. The molecule has 1 fully saturated rings. The van der Waals surface area contributed by atoms with Crippen LogP contribution in [-0.2, 0) is 0 Å². The Bertz CT molecular complexity index is 729. The molecule has 0 atom stereocenters. The molecule has 0 radical (unpaired) electrons. The topological polar surface area (TPSA) is 53.7 Å². The van der Waals surface area contributed by atoms with Crippen molar-refractivity contribution in [2.75, 3.05) is 24.6 Å². The van der Waals surface area contributed by atoms with Crippen molar-refractivity contribution in [3.63, 3.8) is 0 Å². The van der Waals surface area contributed by atoms with Gasteiger partial charge in [-0.1, -0.05) is 11.8 Å². The van der Waals surface area contributed by atoms with Crippen molar-refractivity contribution in [2.24, 2.45) is 0 Å². The molecule has 0 aromatic carbocycles. The van der Waals surface area contributed by atoms with Crippen LogP contribution in [0.1, 0.15) is 24.8 Å². The van der Waals surface area contributed by atoms with Crippen LogP contribution in [0.15, 0.2) is 20.7 Å². The number of nitrogens with zero attached hydrogens (tertiary/aromatic N) is 1. The van der Waals surface area contributed by atoms with Crippen LogP contribution in [0.5, 0.6) is 0 Å². The van der Waals surface area contributed by atoms with E-state index in [1.54, 1.807) is 11.4 Å². The predicted molar refractivity (Wildman–Crippen MR) is 80.4 cm³/mol. The Kier molecular flexibility index (Phi) is 3.77. The third kappa shape index (κ3) is 2.45. The van der Waals surface area contributed by atoms with Gasteiger partial charge in [-0.15, -0.1) is 11.3 Å². The minimum absolute atomic E-state index is 0.0196. The molecule has 1 aliphatic rings. The Morgan fingerprint density at radius 1 is 1.35 bits per heavy atom. The van der Waals surface area contributed by atoms with E-state index < -0.39 is 0 Å². The number of thiophene rings is 1. The van der Waals surface area contributed by atoms with Crippen LogP contribution in [0.2, 0.25) is 0 Å². The van der Waals surface area contributed by atoms with Gasteiger partial charge in [0, 0.05) is 24.5 Å². The number of fused-ring (bicyclic) bond motifs is 1. The SMILES string of the molecule is O=c1cc(N2CCCCC2)oc2c(C#CCO)csc12. The van der Waals surface area contributed by atoms with Gasteiger partial charge in [0.05, 0.1) is 5.56 Å². The zero-order chi connectivity index (χ0) is 13.9. The molecule has 3 rings (SSSR count). The largest absolute Gasteiger partial charge is 0.438 e. The molecule has 104 valence electrons. The van der Waals surface area contributed by atoms with Crippen LogP contribution in [0.3, 0.4) is 0 Å². The second-order valence-electron chi connectivity index (χ2n) is 4.76. The van der Waals surface area contributed by atoms with Crippen molar-refractivity contribution in [3.05, 3.63) is 27.2 Å². The molecule has 0 saturated carbocycles. The number of aliphatic hydroxyl groups is 1. The Hall–Kier alpha value is -1.77. The zero-order valence-electron chi connectivity index (χ0n) is 11.0. The highest BCUT2D eigenvalue weighted by Gasteiger charge is 2.17. The van der Waals surface area contributed by atoms with Crippen LogP contribution in [0.25, 0.3) is 10.3 Å². The number of anilines is 1. The zero-order valence-corrected chi connectivity index (χ0v) is 11.8. The molecule has 0 bridgehead atoms. The minimum atomic E-state index is -0.201. The molecule has 0 unspecified atom stereocenters. The van der Waals surface area contributed by atoms with E-state index in [2.05, 4.69) is 16.7 Å². The van der Waals surface area contributed by atoms with E-state index in [1.807, 2.05) is 0 Å². The van der Waals surface area contributed by atoms with Crippen LogP contribution in [0, 0.1) is 11.8 Å². The van der Waals surface area contributed by atoms with E-state index in [0.717, 1.165) is 25.9 Å². The highest BCUT2D eigenvalue weighted by atomic mass is 32.1. The van der Waals surface area contributed by atoms with Crippen LogP contribution in [-0.4, -0.2) is 24.8 Å². The summed E-state index contributed by atoms with van der Waals surface area (Å²) in [5.41, 5.74) is 1.20. The molecular weight excluding hydrogens is 274 g/mol. The Morgan fingerprint density at radius 3 is 2.90 bits per heavy atom. The van der Waals surface area contributed by atoms with Crippen molar-refractivity contribution in [1.29, 1.82) is 0 Å². The monoisotopic (exact) mass is 289 g/mol. The van der Waals surface area contributed by atoms with Crippen LogP contribution >= 0.6 is 11.3 Å². The van der Waals surface area contributed by atoms with Crippen molar-refractivity contribution in [3.8, 4) is 11.8 Å². The Morgan fingerprint density at radius 2 is 2.15 bits per heavy atom. The summed E-state index contributed by atoms with van der Waals surface area (Å²) < 4.78 is 6.49. The lowest BCUT2D eigenvalue weighted by Crippen LogP contribution is -2.29. The van der Waals surface area contributed by atoms with Gasteiger partial charge in [0.2, 0.25) is 5.43 Å². The fraction of sp³-hybridized carbons (Fsp3) is 0.400. The fourth-order valence-electron chi connectivity index (χ4n) is 2.42. The number of piperidine rings is 1. The van der Waals surface area contributed by atoms with Gasteiger partial charge in [-0.25, -0.2) is 0 Å². The maximum Gasteiger partial charge on any atom is 0.204 e. The summed E-state index contributed by atoms with van der Waals surface area (Å²) >= 11 is 1.34. The van der Waals surface area contributed by atoms with Crippen molar-refractivity contribution in [1.82, 2.24) is 0 Å². The molecule has 2 aromatic rings. The molecule has 3 heterocycles. The second kappa shape index (κ2) is 5.70. The smallest absolute Gasteiger partial charge is 0.204 e. The highest BCUT2D eigenvalue weighted by Crippen LogP contribution is 2.28. The molecular formula is C15H15NO3S. The first-order valence-corrected chi connectivity index (χ1v) is 7.57. The maximum absolute atomic E-state index is 12.2. The lowest BCUT2D eigenvalue weighted by Gasteiger charge is -2.26. The van der Waals surface area contributed by atoms with Gasteiger partial charge in [-0.2, -0.15) is 0 Å². The molecule has 0 amide bonds. The lowest BCUT2D eigenvalue weighted by molar-refractivity contribution is 0.350. The summed E-state index contributed by atoms with van der Waals surface area (Å²) in [7, 11) is 0. The second-order valence-corrected chi connectivity index (χ2v) is 5.64. The molecule has 4 nitrogen and oxygen atoms in total. The number of hydrogen-bond donors (Lipinski definition) is 1. The quantitative estimate of drug-likeness (QED) is 0.818. The first-order chi connectivity index (χ1) is 9.79. The van der Waals surface area contributed by atoms with E-state index in [4.69, 9.17) is 9.52 Å². The summed E-state index contributed by atoms with van der Waals surface area (Å²) in [6.45, 7) is 1.65. The van der Waals surface area contributed by atoms with E-state index in [0.29, 0.717) is 21.7 Å². The molecule has 20 heavy (non-hydrogen) atoms. The predicted octanol–water partition coefficient (Wildman–Crippen LogP) is 2.19. The van der Waals surface area contributed by atoms with Crippen LogP contribution in [0.4, 0.5) is 5.88 Å². The highest BCUT2D eigenvalue weighted by molar-refractivity contribution is 7.17. The van der Waals surface area contributed by atoms with E-state index >= 15 is 0 Å². The van der Waals surface area contributed by atoms with Gasteiger partial charge in [0.1, 0.15) is 11.3 Å². The molecule has 2 aromatic heterocycles. The van der Waals surface area contributed by atoms with E-state index in [1.165, 1.54) is 17.8 Å². The number of rotatable bonds is 1. The Labute approximate surface area is 120 Å². The summed E-state index contributed by atoms with van der Waals surface area (Å²) in [4.78, 5) is 14.3. The molecule has 0 aliphatic carbocycles. The van der Waals surface area contributed by atoms with E-state index in [-0.39, 0.29) is 12.0 Å². The van der Waals surface area contributed by atoms with Gasteiger partial charge >= 0.3 is 0 Å². The summed E-state index contributed by atoms with van der Waals surface area (Å²) in [6.07, 6.45) is 3.49. The standard InChI is InChI=1S/C15H15NO3S/c17-8-4-5-11-10-20-15-12(18)9-13(19-14(11)15)16-6-2-1-3-7-16/h9-10,17H,1-3,6-8H2. The molecule has 1 N–H and O–H groups in total. The first kappa shape index (κ1) is 13.2. The normalized spacial score (nSPS) is 15.2. The van der Waals surface area contributed by atoms with Crippen molar-refractivity contribution >= 4 is 27.5 Å². The summed E-state index contributed by atoms with van der Waals surface area (Å²) in [5.74, 6) is 6.06. The average Bonchev–Trinajstić information content (AvgIpc) is 2.89. The number of hydrogen-bond acceptors (Lipinski definition) is 5. The maximum atomic E-state index is 12.2. The fourth-order valence-corrected chi connectivity index (χ4v) is 3.26. The van der Waals surface area contributed by atoms with Gasteiger partial charge in [0.25, 0.3) is 0 Å². The molecule has 0 spiro atoms. The van der Waals surface area contributed by atoms with Crippen LogP contribution < -0.4 is 10.3 Å². The van der Waals surface area contributed by atoms with Crippen molar-refractivity contribution < 1.29 is 9.52 Å². The van der Waals surface area contributed by atoms with Gasteiger partial charge in [-0.3, -0.25) is 4.79 Å². The number of aliphatic hydroxyl groups excluding tert-OH is 1. The average molecular weight is 289 g/mol. The molecule has 5 heteroatoms. The van der Waals surface area contributed by atoms with Gasteiger partial charge in [0.15, 0.2) is 11.5 Å². The van der Waals surface area contributed by atoms with Gasteiger partial charge < -0.3 is 14.4 Å². The van der Waals surface area contributed by atoms with Gasteiger partial charge in [-0.05, 0) is 19.3 Å². The molecule has 1 aliphatic heterocycles. The third-order valence-corrected chi connectivity index (χ3v) is 4.38. The lowest BCUT2D eigenvalue weighted by atomic mass is 10.1. The summed E-state index contributed by atoms with van der Waals surface area (Å²) in [5, 5.41) is 10.6. The van der Waals surface area contributed by atoms with Crippen molar-refractivity contribution in [2.45, 2.75) is 19.3 Å². The molecule has 1 saturated heterocycles.